The Balaban J connectivity index is 2.78. The van der Waals surface area contributed by atoms with Gasteiger partial charge in [-0.3, -0.25) is 4.79 Å². The minimum atomic E-state index is -0.203. The van der Waals surface area contributed by atoms with Crippen LogP contribution in [0.15, 0.2) is 6.07 Å². The number of nitrogens with zero attached hydrogens (tertiary/aromatic N) is 4. The highest BCUT2D eigenvalue weighted by molar-refractivity contribution is 6.06. The monoisotopic (exact) mass is 372 g/mol. The molecule has 0 unspecified atom stereocenters. The standard InChI is InChI=1S/C22H36N4O/c1-13(2)12-25(15(5)6)21(27)17-11-18(14(3)4)23-20-19(17)16(7)24-26(20)22(8,9)10/h11,13-15H,12H2,1-10H3. The van der Waals surface area contributed by atoms with Crippen molar-refractivity contribution in [3.63, 3.8) is 0 Å². The Kier molecular flexibility index (Phi) is 6.03. The molecule has 0 bridgehead atoms. The van der Waals surface area contributed by atoms with Gasteiger partial charge in [-0.1, -0.05) is 27.7 Å². The van der Waals surface area contributed by atoms with Gasteiger partial charge in [0.15, 0.2) is 5.65 Å². The molecule has 5 nitrogen and oxygen atoms in total. The highest BCUT2D eigenvalue weighted by atomic mass is 16.2. The average Bonchev–Trinajstić information content (AvgIpc) is 2.88. The highest BCUT2D eigenvalue weighted by Gasteiger charge is 2.28. The Labute approximate surface area is 164 Å². The van der Waals surface area contributed by atoms with Gasteiger partial charge in [0.25, 0.3) is 5.91 Å². The Bertz CT molecular complexity index is 825. The van der Waals surface area contributed by atoms with Crippen LogP contribution >= 0.6 is 0 Å². The normalized spacial score (nSPS) is 12.6. The summed E-state index contributed by atoms with van der Waals surface area (Å²) in [6.07, 6.45) is 0. The summed E-state index contributed by atoms with van der Waals surface area (Å²) in [6.45, 7) is 21.7. The molecule has 150 valence electrons. The SMILES string of the molecule is Cc1nn(C(C)(C)C)c2nc(C(C)C)cc(C(=O)N(CC(C)C)C(C)C)c12. The fourth-order valence-corrected chi connectivity index (χ4v) is 3.32. The minimum absolute atomic E-state index is 0.0737. The van der Waals surface area contributed by atoms with Gasteiger partial charge < -0.3 is 4.90 Å². The third-order valence-electron chi connectivity index (χ3n) is 4.74. The molecular weight excluding hydrogens is 336 g/mol. The molecule has 0 saturated carbocycles. The van der Waals surface area contributed by atoms with Crippen LogP contribution in [0.1, 0.15) is 90.0 Å². The number of fused-ring (bicyclic) bond motifs is 1. The average molecular weight is 373 g/mol. The van der Waals surface area contributed by atoms with Crippen molar-refractivity contribution in [3.05, 3.63) is 23.0 Å². The number of carbonyl (C=O) groups excluding carboxylic acids is 1. The van der Waals surface area contributed by atoms with Gasteiger partial charge in [0, 0.05) is 18.3 Å². The summed E-state index contributed by atoms with van der Waals surface area (Å²) >= 11 is 0. The minimum Gasteiger partial charge on any atom is -0.336 e. The van der Waals surface area contributed by atoms with Gasteiger partial charge in [0.05, 0.1) is 22.2 Å². The molecule has 1 amide bonds. The van der Waals surface area contributed by atoms with E-state index in [1.54, 1.807) is 0 Å². The molecule has 2 rings (SSSR count). The largest absolute Gasteiger partial charge is 0.336 e. The fourth-order valence-electron chi connectivity index (χ4n) is 3.32. The maximum absolute atomic E-state index is 13.6. The lowest BCUT2D eigenvalue weighted by Crippen LogP contribution is -2.39. The van der Waals surface area contributed by atoms with Crippen LogP contribution < -0.4 is 0 Å². The van der Waals surface area contributed by atoms with Gasteiger partial charge in [0.2, 0.25) is 0 Å². The van der Waals surface area contributed by atoms with Crippen molar-refractivity contribution in [2.75, 3.05) is 6.54 Å². The van der Waals surface area contributed by atoms with Gasteiger partial charge in [-0.25, -0.2) is 9.67 Å². The van der Waals surface area contributed by atoms with Gasteiger partial charge in [-0.05, 0) is 59.4 Å². The number of rotatable bonds is 5. The molecule has 0 aromatic carbocycles. The van der Waals surface area contributed by atoms with Crippen molar-refractivity contribution in [1.82, 2.24) is 19.7 Å². The highest BCUT2D eigenvalue weighted by Crippen LogP contribution is 2.30. The lowest BCUT2D eigenvalue weighted by Gasteiger charge is -2.29. The number of aromatic nitrogens is 3. The van der Waals surface area contributed by atoms with Crippen molar-refractivity contribution in [1.29, 1.82) is 0 Å². The summed E-state index contributed by atoms with van der Waals surface area (Å²) in [4.78, 5) is 20.5. The van der Waals surface area contributed by atoms with Crippen LogP contribution in [0.4, 0.5) is 0 Å². The van der Waals surface area contributed by atoms with Crippen molar-refractivity contribution < 1.29 is 4.79 Å². The predicted molar refractivity (Wildman–Crippen MR) is 112 cm³/mol. The number of hydrogen-bond acceptors (Lipinski definition) is 3. The summed E-state index contributed by atoms with van der Waals surface area (Å²) in [5.41, 5.74) is 3.13. The number of amides is 1. The van der Waals surface area contributed by atoms with Crippen molar-refractivity contribution in [2.24, 2.45) is 5.92 Å². The molecule has 0 aliphatic carbocycles. The zero-order valence-corrected chi connectivity index (χ0v) is 18.7. The molecule has 0 aliphatic rings. The van der Waals surface area contributed by atoms with E-state index in [0.29, 0.717) is 5.92 Å². The quantitative estimate of drug-likeness (QED) is 0.731. The molecule has 2 heterocycles. The lowest BCUT2D eigenvalue weighted by atomic mass is 10.0. The van der Waals surface area contributed by atoms with Crippen LogP contribution in [0.25, 0.3) is 11.0 Å². The van der Waals surface area contributed by atoms with Gasteiger partial charge in [0.1, 0.15) is 0 Å². The summed E-state index contributed by atoms with van der Waals surface area (Å²) in [5.74, 6) is 0.725. The first kappa shape index (κ1) is 21.4. The summed E-state index contributed by atoms with van der Waals surface area (Å²) in [6, 6.07) is 2.12. The number of hydrogen-bond donors (Lipinski definition) is 0. The molecule has 0 spiro atoms. The Hall–Kier alpha value is -1.91. The van der Waals surface area contributed by atoms with Crippen LogP contribution in [0, 0.1) is 12.8 Å². The van der Waals surface area contributed by atoms with Crippen molar-refractivity contribution >= 4 is 16.9 Å². The van der Waals surface area contributed by atoms with E-state index in [9.17, 15) is 4.79 Å². The zero-order valence-electron chi connectivity index (χ0n) is 18.7. The lowest BCUT2D eigenvalue weighted by molar-refractivity contribution is 0.0683. The van der Waals surface area contributed by atoms with Crippen LogP contribution in [0.5, 0.6) is 0 Å². The van der Waals surface area contributed by atoms with E-state index in [4.69, 9.17) is 10.1 Å². The first-order chi connectivity index (χ1) is 12.3. The van der Waals surface area contributed by atoms with Gasteiger partial charge in [-0.2, -0.15) is 5.10 Å². The smallest absolute Gasteiger partial charge is 0.254 e. The maximum Gasteiger partial charge on any atom is 0.254 e. The van der Waals surface area contributed by atoms with E-state index in [2.05, 4.69) is 62.3 Å². The number of carbonyl (C=O) groups is 1. The van der Waals surface area contributed by atoms with Crippen LogP contribution in [-0.4, -0.2) is 38.2 Å². The van der Waals surface area contributed by atoms with E-state index in [1.165, 1.54) is 0 Å². The third kappa shape index (κ3) is 4.33. The molecule has 0 saturated heterocycles. The van der Waals surface area contributed by atoms with E-state index >= 15 is 0 Å². The van der Waals surface area contributed by atoms with Gasteiger partial charge >= 0.3 is 0 Å². The molecule has 5 heteroatoms. The van der Waals surface area contributed by atoms with E-state index in [0.717, 1.165) is 34.5 Å². The molecule has 0 aliphatic heterocycles. The number of pyridine rings is 1. The second kappa shape index (κ2) is 7.61. The second-order valence-corrected chi connectivity index (χ2v) is 9.56. The number of aryl methyl sites for hydroxylation is 1. The van der Waals surface area contributed by atoms with E-state index < -0.39 is 0 Å². The molecule has 2 aromatic heterocycles. The summed E-state index contributed by atoms with van der Waals surface area (Å²) in [7, 11) is 0. The zero-order chi connectivity index (χ0) is 20.7. The Morgan fingerprint density at radius 2 is 1.74 bits per heavy atom. The molecule has 0 N–H and O–H groups in total. The summed E-state index contributed by atoms with van der Waals surface area (Å²) in [5, 5.41) is 5.64. The van der Waals surface area contributed by atoms with Crippen molar-refractivity contribution in [2.45, 2.75) is 86.7 Å². The topological polar surface area (TPSA) is 51.0 Å². The first-order valence-corrected chi connectivity index (χ1v) is 10.1. The van der Waals surface area contributed by atoms with Gasteiger partial charge in [-0.15, -0.1) is 0 Å². The van der Waals surface area contributed by atoms with E-state index in [-0.39, 0.29) is 23.4 Å². The fraction of sp³-hybridized carbons (Fsp3) is 0.682. The van der Waals surface area contributed by atoms with E-state index in [1.807, 2.05) is 22.6 Å². The molecule has 2 aromatic rings. The van der Waals surface area contributed by atoms with Crippen LogP contribution in [0.3, 0.4) is 0 Å². The maximum atomic E-state index is 13.6. The molecular formula is C22H36N4O. The van der Waals surface area contributed by atoms with Crippen LogP contribution in [-0.2, 0) is 5.54 Å². The molecule has 0 radical (unpaired) electrons. The molecule has 0 fully saturated rings. The van der Waals surface area contributed by atoms with Crippen LogP contribution in [0.2, 0.25) is 0 Å². The van der Waals surface area contributed by atoms with Crippen molar-refractivity contribution in [3.8, 4) is 0 Å². The Morgan fingerprint density at radius 3 is 2.19 bits per heavy atom. The third-order valence-corrected chi connectivity index (χ3v) is 4.74. The molecule has 0 atom stereocenters. The first-order valence-electron chi connectivity index (χ1n) is 10.1. The second-order valence-electron chi connectivity index (χ2n) is 9.56. The summed E-state index contributed by atoms with van der Waals surface area (Å²) < 4.78 is 1.96. The Morgan fingerprint density at radius 1 is 1.15 bits per heavy atom. The molecule has 27 heavy (non-hydrogen) atoms. The predicted octanol–water partition coefficient (Wildman–Crippen LogP) is 5.12.